The average molecular weight is 315 g/mol. The van der Waals surface area contributed by atoms with Crippen molar-refractivity contribution in [1.82, 2.24) is 10.6 Å². The summed E-state index contributed by atoms with van der Waals surface area (Å²) in [6.45, 7) is 1.93. The summed E-state index contributed by atoms with van der Waals surface area (Å²) in [5, 5.41) is 6.36. The van der Waals surface area contributed by atoms with E-state index < -0.39 is 0 Å². The van der Waals surface area contributed by atoms with Crippen molar-refractivity contribution < 1.29 is 14.3 Å². The van der Waals surface area contributed by atoms with E-state index in [1.807, 2.05) is 18.2 Å². The van der Waals surface area contributed by atoms with Crippen molar-refractivity contribution in [2.24, 2.45) is 0 Å². The first kappa shape index (κ1) is 17.6. The minimum Gasteiger partial charge on any atom is -0.497 e. The highest BCUT2D eigenvalue weighted by molar-refractivity contribution is 5.85. The summed E-state index contributed by atoms with van der Waals surface area (Å²) >= 11 is 0. The van der Waals surface area contributed by atoms with Gasteiger partial charge in [0.05, 0.1) is 20.6 Å². The van der Waals surface area contributed by atoms with Crippen molar-refractivity contribution >= 4 is 18.3 Å². The lowest BCUT2D eigenvalue weighted by Crippen LogP contribution is -2.43. The Kier molecular flexibility index (Phi) is 7.32. The second kappa shape index (κ2) is 8.74. The minimum atomic E-state index is 0. The highest BCUT2D eigenvalue weighted by atomic mass is 35.5. The molecule has 118 valence electrons. The molecule has 0 spiro atoms. The maximum Gasteiger partial charge on any atom is 0.224 e. The van der Waals surface area contributed by atoms with Gasteiger partial charge >= 0.3 is 0 Å². The molecule has 0 aliphatic carbocycles. The number of hydrogen-bond donors (Lipinski definition) is 2. The number of methoxy groups -OCH3 is 2. The summed E-state index contributed by atoms with van der Waals surface area (Å²) in [5.74, 6) is 1.48. The quantitative estimate of drug-likeness (QED) is 0.865. The van der Waals surface area contributed by atoms with Crippen molar-refractivity contribution in [3.8, 4) is 11.5 Å². The lowest BCUT2D eigenvalue weighted by atomic mass is 10.1. The molecule has 1 amide bonds. The fraction of sp³-hybridized carbons (Fsp3) is 0.533. The third kappa shape index (κ3) is 5.10. The normalized spacial score (nSPS) is 15.0. The average Bonchev–Trinajstić information content (AvgIpc) is 2.48. The van der Waals surface area contributed by atoms with E-state index in [9.17, 15) is 4.79 Å². The van der Waals surface area contributed by atoms with Crippen molar-refractivity contribution in [3.63, 3.8) is 0 Å². The van der Waals surface area contributed by atoms with E-state index in [2.05, 4.69) is 10.6 Å². The first-order valence-corrected chi connectivity index (χ1v) is 6.94. The van der Waals surface area contributed by atoms with Crippen LogP contribution in [-0.4, -0.2) is 39.3 Å². The van der Waals surface area contributed by atoms with Crippen LogP contribution in [-0.2, 0) is 11.2 Å². The first-order chi connectivity index (χ1) is 9.72. The molecular formula is C15H23ClN2O3. The van der Waals surface area contributed by atoms with Gasteiger partial charge in [-0.3, -0.25) is 4.79 Å². The minimum absolute atomic E-state index is 0. The second-order valence-corrected chi connectivity index (χ2v) is 4.95. The van der Waals surface area contributed by atoms with Crippen LogP contribution in [0.15, 0.2) is 18.2 Å². The molecule has 5 nitrogen and oxygen atoms in total. The van der Waals surface area contributed by atoms with E-state index in [-0.39, 0.29) is 24.4 Å². The van der Waals surface area contributed by atoms with Gasteiger partial charge in [0.2, 0.25) is 5.91 Å². The van der Waals surface area contributed by atoms with Gasteiger partial charge in [-0.25, -0.2) is 0 Å². The lowest BCUT2D eigenvalue weighted by Gasteiger charge is -2.23. The summed E-state index contributed by atoms with van der Waals surface area (Å²) in [7, 11) is 3.22. The molecule has 1 aliphatic heterocycles. The zero-order valence-corrected chi connectivity index (χ0v) is 13.3. The van der Waals surface area contributed by atoms with Crippen molar-refractivity contribution in [2.45, 2.75) is 25.3 Å². The molecule has 1 heterocycles. The number of benzene rings is 1. The van der Waals surface area contributed by atoms with Crippen molar-refractivity contribution in [3.05, 3.63) is 23.8 Å². The van der Waals surface area contributed by atoms with E-state index >= 15 is 0 Å². The van der Waals surface area contributed by atoms with E-state index in [1.54, 1.807) is 14.2 Å². The van der Waals surface area contributed by atoms with Gasteiger partial charge in [0, 0.05) is 11.6 Å². The van der Waals surface area contributed by atoms with Gasteiger partial charge in [0.25, 0.3) is 0 Å². The summed E-state index contributed by atoms with van der Waals surface area (Å²) in [5.41, 5.74) is 0.846. The molecule has 21 heavy (non-hydrogen) atoms. The number of piperidine rings is 1. The second-order valence-electron chi connectivity index (χ2n) is 4.95. The van der Waals surface area contributed by atoms with Crippen LogP contribution in [0.5, 0.6) is 11.5 Å². The Morgan fingerprint density at radius 3 is 2.62 bits per heavy atom. The van der Waals surface area contributed by atoms with E-state index in [1.165, 1.54) is 0 Å². The van der Waals surface area contributed by atoms with Gasteiger partial charge in [-0.05, 0) is 44.1 Å². The molecule has 0 atom stereocenters. The molecule has 1 aromatic carbocycles. The van der Waals surface area contributed by atoms with Crippen LogP contribution in [0, 0.1) is 0 Å². The Morgan fingerprint density at radius 2 is 2.00 bits per heavy atom. The monoisotopic (exact) mass is 314 g/mol. The first-order valence-electron chi connectivity index (χ1n) is 6.94. The number of carbonyl (C=O) groups is 1. The van der Waals surface area contributed by atoms with Crippen molar-refractivity contribution in [2.75, 3.05) is 27.3 Å². The molecular weight excluding hydrogens is 292 g/mol. The summed E-state index contributed by atoms with van der Waals surface area (Å²) in [4.78, 5) is 12.1. The number of amides is 1. The van der Waals surface area contributed by atoms with Crippen LogP contribution in [0.1, 0.15) is 18.4 Å². The maximum absolute atomic E-state index is 12.1. The van der Waals surface area contributed by atoms with Crippen LogP contribution < -0.4 is 20.1 Å². The topological polar surface area (TPSA) is 59.6 Å². The smallest absolute Gasteiger partial charge is 0.224 e. The number of nitrogens with one attached hydrogen (secondary N) is 2. The third-order valence-corrected chi connectivity index (χ3v) is 3.54. The molecule has 1 fully saturated rings. The van der Waals surface area contributed by atoms with Gasteiger partial charge in [-0.15, -0.1) is 12.4 Å². The predicted molar refractivity (Wildman–Crippen MR) is 84.5 cm³/mol. The van der Waals surface area contributed by atoms with Crippen LogP contribution >= 0.6 is 12.4 Å². The highest BCUT2D eigenvalue weighted by Crippen LogP contribution is 2.24. The van der Waals surface area contributed by atoms with Crippen LogP contribution in [0.3, 0.4) is 0 Å². The Labute approximate surface area is 131 Å². The number of ether oxygens (including phenoxy) is 2. The third-order valence-electron chi connectivity index (χ3n) is 3.54. The van der Waals surface area contributed by atoms with Gasteiger partial charge in [-0.2, -0.15) is 0 Å². The Hall–Kier alpha value is -1.46. The molecule has 1 aromatic rings. The number of halogens is 1. The standard InChI is InChI=1S/C15H22N2O3.ClH/c1-19-13-3-4-14(20-2)11(9-13)10-15(18)17-12-5-7-16-8-6-12;/h3-4,9,12,16H,5-8,10H2,1-2H3,(H,17,18);1H. The molecule has 2 N–H and O–H groups in total. The molecule has 0 aromatic heterocycles. The molecule has 2 rings (SSSR count). The SMILES string of the molecule is COc1ccc(OC)c(CC(=O)NC2CCNCC2)c1.Cl. The largest absolute Gasteiger partial charge is 0.497 e. The Morgan fingerprint density at radius 1 is 1.29 bits per heavy atom. The number of hydrogen-bond acceptors (Lipinski definition) is 4. The fourth-order valence-corrected chi connectivity index (χ4v) is 2.44. The molecule has 0 unspecified atom stereocenters. The summed E-state index contributed by atoms with van der Waals surface area (Å²) < 4.78 is 10.5. The van der Waals surface area contributed by atoms with Crippen LogP contribution in [0.25, 0.3) is 0 Å². The van der Waals surface area contributed by atoms with Crippen LogP contribution in [0.2, 0.25) is 0 Å². The van der Waals surface area contributed by atoms with Gasteiger partial charge < -0.3 is 20.1 Å². The maximum atomic E-state index is 12.1. The fourth-order valence-electron chi connectivity index (χ4n) is 2.44. The molecule has 6 heteroatoms. The Balaban J connectivity index is 0.00000220. The summed E-state index contributed by atoms with van der Waals surface area (Å²) in [6, 6.07) is 5.78. The summed E-state index contributed by atoms with van der Waals surface area (Å²) in [6.07, 6.45) is 2.28. The zero-order chi connectivity index (χ0) is 14.4. The zero-order valence-electron chi connectivity index (χ0n) is 12.5. The van der Waals surface area contributed by atoms with Crippen LogP contribution in [0.4, 0.5) is 0 Å². The molecule has 0 saturated carbocycles. The lowest BCUT2D eigenvalue weighted by molar-refractivity contribution is -0.121. The van der Waals surface area contributed by atoms with Crippen molar-refractivity contribution in [1.29, 1.82) is 0 Å². The number of carbonyl (C=O) groups excluding carboxylic acids is 1. The van der Waals surface area contributed by atoms with E-state index in [0.717, 1.165) is 37.2 Å². The van der Waals surface area contributed by atoms with Gasteiger partial charge in [0.1, 0.15) is 11.5 Å². The molecule has 0 bridgehead atoms. The highest BCUT2D eigenvalue weighted by Gasteiger charge is 2.17. The van der Waals surface area contributed by atoms with E-state index in [0.29, 0.717) is 12.2 Å². The molecule has 1 saturated heterocycles. The molecule has 0 radical (unpaired) electrons. The predicted octanol–water partition coefficient (Wildman–Crippen LogP) is 1.54. The Bertz CT molecular complexity index is 462. The van der Waals surface area contributed by atoms with Gasteiger partial charge in [0.15, 0.2) is 0 Å². The van der Waals surface area contributed by atoms with Gasteiger partial charge in [-0.1, -0.05) is 0 Å². The molecule has 1 aliphatic rings. The number of rotatable bonds is 5. The van der Waals surface area contributed by atoms with E-state index in [4.69, 9.17) is 9.47 Å².